The third-order valence-corrected chi connectivity index (χ3v) is 6.54. The summed E-state index contributed by atoms with van der Waals surface area (Å²) in [5, 5.41) is 3.59. The molecule has 0 saturated heterocycles. The van der Waals surface area contributed by atoms with Gasteiger partial charge in [-0.25, -0.2) is 4.98 Å². The zero-order chi connectivity index (χ0) is 22.0. The molecule has 2 aromatic heterocycles. The van der Waals surface area contributed by atoms with Gasteiger partial charge in [0.05, 0.1) is 5.39 Å². The van der Waals surface area contributed by atoms with Gasteiger partial charge in [0.2, 0.25) is 5.91 Å². The van der Waals surface area contributed by atoms with Gasteiger partial charge in [0.15, 0.2) is 0 Å². The van der Waals surface area contributed by atoms with Crippen molar-refractivity contribution in [2.24, 2.45) is 0 Å². The lowest BCUT2D eigenvalue weighted by Gasteiger charge is -2.15. The van der Waals surface area contributed by atoms with Gasteiger partial charge in [-0.1, -0.05) is 62.4 Å². The van der Waals surface area contributed by atoms with Gasteiger partial charge in [-0.3, -0.25) is 14.2 Å². The molecule has 6 heteroatoms. The molecule has 4 rings (SSSR count). The van der Waals surface area contributed by atoms with Crippen LogP contribution in [0.15, 0.2) is 59.4 Å². The van der Waals surface area contributed by atoms with E-state index in [4.69, 9.17) is 0 Å². The maximum atomic E-state index is 13.2. The molecule has 0 spiro atoms. The zero-order valence-corrected chi connectivity index (χ0v) is 18.8. The second-order valence-electron chi connectivity index (χ2n) is 7.45. The largest absolute Gasteiger partial charge is 0.324 e. The lowest BCUT2D eigenvalue weighted by atomic mass is 10.0. The Balaban J connectivity index is 1.66. The quantitative estimate of drug-likeness (QED) is 0.457. The van der Waals surface area contributed by atoms with E-state index in [9.17, 15) is 9.59 Å². The molecule has 4 aromatic rings. The first-order chi connectivity index (χ1) is 15.0. The molecule has 0 unspecified atom stereocenters. The van der Waals surface area contributed by atoms with Crippen LogP contribution in [0.5, 0.6) is 0 Å². The van der Waals surface area contributed by atoms with Crippen LogP contribution >= 0.6 is 11.3 Å². The number of nitrogens with zero attached hydrogens (tertiary/aromatic N) is 2. The second-order valence-corrected chi connectivity index (χ2v) is 8.48. The normalized spacial score (nSPS) is 11.1. The van der Waals surface area contributed by atoms with E-state index in [-0.39, 0.29) is 18.0 Å². The number of nitrogens with one attached hydrogen (secondary N) is 1. The standard InChI is InChI=1S/C25H25N3O2S/c1-4-17-12-9-13-18(5-2)23(17)27-22(29)15-28-16(3)26-24-20(25(28)30)14-21(31-24)19-10-7-6-8-11-19/h6-14H,4-5,15H2,1-3H3,(H,27,29). The van der Waals surface area contributed by atoms with Gasteiger partial charge in [0, 0.05) is 10.6 Å². The van der Waals surface area contributed by atoms with E-state index in [1.54, 1.807) is 6.92 Å². The highest BCUT2D eigenvalue weighted by Crippen LogP contribution is 2.31. The first-order valence-corrected chi connectivity index (χ1v) is 11.3. The van der Waals surface area contributed by atoms with Crippen LogP contribution in [0.25, 0.3) is 20.7 Å². The Hall–Kier alpha value is -3.25. The van der Waals surface area contributed by atoms with Crippen molar-refractivity contribution in [1.29, 1.82) is 0 Å². The Morgan fingerprint density at radius 2 is 1.71 bits per heavy atom. The number of thiophene rings is 1. The number of hydrogen-bond acceptors (Lipinski definition) is 4. The number of para-hydroxylation sites is 1. The summed E-state index contributed by atoms with van der Waals surface area (Å²) < 4.78 is 1.46. The molecule has 5 nitrogen and oxygen atoms in total. The van der Waals surface area contributed by atoms with Gasteiger partial charge in [0.25, 0.3) is 5.56 Å². The highest BCUT2D eigenvalue weighted by Gasteiger charge is 2.16. The van der Waals surface area contributed by atoms with E-state index in [2.05, 4.69) is 24.1 Å². The third-order valence-electron chi connectivity index (χ3n) is 5.47. The van der Waals surface area contributed by atoms with Gasteiger partial charge in [0.1, 0.15) is 17.2 Å². The number of amides is 1. The van der Waals surface area contributed by atoms with Crippen LogP contribution < -0.4 is 10.9 Å². The zero-order valence-electron chi connectivity index (χ0n) is 17.9. The van der Waals surface area contributed by atoms with Crippen molar-refractivity contribution in [2.75, 3.05) is 5.32 Å². The van der Waals surface area contributed by atoms with Crippen molar-refractivity contribution in [2.45, 2.75) is 40.2 Å². The van der Waals surface area contributed by atoms with Crippen molar-refractivity contribution in [3.8, 4) is 10.4 Å². The highest BCUT2D eigenvalue weighted by molar-refractivity contribution is 7.21. The van der Waals surface area contributed by atoms with E-state index in [1.165, 1.54) is 15.9 Å². The SMILES string of the molecule is CCc1cccc(CC)c1NC(=O)Cn1c(C)nc2sc(-c3ccccc3)cc2c1=O. The Bertz CT molecular complexity index is 1280. The Morgan fingerprint density at radius 1 is 1.03 bits per heavy atom. The second kappa shape index (κ2) is 8.86. The summed E-state index contributed by atoms with van der Waals surface area (Å²) in [5.74, 6) is 0.314. The lowest BCUT2D eigenvalue weighted by Crippen LogP contribution is -2.30. The van der Waals surface area contributed by atoms with E-state index < -0.39 is 0 Å². The summed E-state index contributed by atoms with van der Waals surface area (Å²) in [4.78, 5) is 32.4. The average molecular weight is 432 g/mol. The van der Waals surface area contributed by atoms with Gasteiger partial charge in [-0.2, -0.15) is 0 Å². The molecular formula is C25H25N3O2S. The fraction of sp³-hybridized carbons (Fsp3) is 0.240. The Morgan fingerprint density at radius 3 is 2.35 bits per heavy atom. The third kappa shape index (κ3) is 4.16. The monoisotopic (exact) mass is 431 g/mol. The number of hydrogen-bond donors (Lipinski definition) is 1. The maximum absolute atomic E-state index is 13.2. The van der Waals surface area contributed by atoms with E-state index in [1.807, 2.05) is 54.6 Å². The number of carbonyl (C=O) groups is 1. The number of anilines is 1. The van der Waals surface area contributed by atoms with Crippen LogP contribution in [-0.2, 0) is 24.2 Å². The first kappa shape index (κ1) is 21.0. The highest BCUT2D eigenvalue weighted by atomic mass is 32.1. The number of benzene rings is 2. The fourth-order valence-corrected chi connectivity index (χ4v) is 4.85. The minimum atomic E-state index is -0.222. The van der Waals surface area contributed by atoms with Crippen molar-refractivity contribution >= 4 is 33.1 Å². The van der Waals surface area contributed by atoms with Crippen LogP contribution in [-0.4, -0.2) is 15.5 Å². The number of aryl methyl sites for hydroxylation is 3. The topological polar surface area (TPSA) is 64.0 Å². The molecule has 0 aliphatic rings. The predicted octanol–water partition coefficient (Wildman–Crippen LogP) is 5.20. The molecule has 0 saturated carbocycles. The van der Waals surface area contributed by atoms with Crippen molar-refractivity contribution in [3.05, 3.63) is 81.9 Å². The van der Waals surface area contributed by atoms with Crippen LogP contribution in [0, 0.1) is 6.92 Å². The number of fused-ring (bicyclic) bond motifs is 1. The molecule has 0 aliphatic heterocycles. The van der Waals surface area contributed by atoms with E-state index in [0.29, 0.717) is 16.0 Å². The Kier molecular flexibility index (Phi) is 6.00. The summed E-state index contributed by atoms with van der Waals surface area (Å²) in [6, 6.07) is 17.9. The van der Waals surface area contributed by atoms with Gasteiger partial charge < -0.3 is 5.32 Å². The summed E-state index contributed by atoms with van der Waals surface area (Å²) >= 11 is 1.49. The average Bonchev–Trinajstić information content (AvgIpc) is 3.21. The molecule has 158 valence electrons. The summed E-state index contributed by atoms with van der Waals surface area (Å²) in [6.45, 7) is 5.84. The number of rotatable bonds is 6. The lowest BCUT2D eigenvalue weighted by molar-refractivity contribution is -0.116. The van der Waals surface area contributed by atoms with Crippen molar-refractivity contribution in [3.63, 3.8) is 0 Å². The number of carbonyl (C=O) groups excluding carboxylic acids is 1. The van der Waals surface area contributed by atoms with Crippen LogP contribution in [0.3, 0.4) is 0 Å². The fourth-order valence-electron chi connectivity index (χ4n) is 3.77. The molecule has 0 atom stereocenters. The van der Waals surface area contributed by atoms with Gasteiger partial charge >= 0.3 is 0 Å². The van der Waals surface area contributed by atoms with E-state index in [0.717, 1.165) is 40.1 Å². The van der Waals surface area contributed by atoms with Gasteiger partial charge in [-0.15, -0.1) is 11.3 Å². The van der Waals surface area contributed by atoms with Crippen LogP contribution in [0.1, 0.15) is 30.8 Å². The van der Waals surface area contributed by atoms with Crippen LogP contribution in [0.4, 0.5) is 5.69 Å². The Labute approximate surface area is 185 Å². The molecule has 2 heterocycles. The minimum absolute atomic E-state index is 0.0642. The summed E-state index contributed by atoms with van der Waals surface area (Å²) in [5.41, 5.74) is 3.91. The van der Waals surface area contributed by atoms with Crippen molar-refractivity contribution < 1.29 is 4.79 Å². The molecule has 1 amide bonds. The summed E-state index contributed by atoms with van der Waals surface area (Å²) in [7, 11) is 0. The number of aromatic nitrogens is 2. The molecule has 0 aliphatic carbocycles. The molecule has 0 radical (unpaired) electrons. The maximum Gasteiger partial charge on any atom is 0.262 e. The molecule has 1 N–H and O–H groups in total. The van der Waals surface area contributed by atoms with Gasteiger partial charge in [-0.05, 0) is 42.5 Å². The molecule has 31 heavy (non-hydrogen) atoms. The molecule has 2 aromatic carbocycles. The summed E-state index contributed by atoms with van der Waals surface area (Å²) in [6.07, 6.45) is 1.65. The minimum Gasteiger partial charge on any atom is -0.324 e. The van der Waals surface area contributed by atoms with E-state index >= 15 is 0 Å². The van der Waals surface area contributed by atoms with Crippen molar-refractivity contribution in [1.82, 2.24) is 9.55 Å². The van der Waals surface area contributed by atoms with Crippen LogP contribution in [0.2, 0.25) is 0 Å². The molecule has 0 bridgehead atoms. The molecular weight excluding hydrogens is 406 g/mol. The predicted molar refractivity (Wildman–Crippen MR) is 128 cm³/mol. The first-order valence-electron chi connectivity index (χ1n) is 10.5. The smallest absolute Gasteiger partial charge is 0.262 e. The molecule has 0 fully saturated rings.